The van der Waals surface area contributed by atoms with Gasteiger partial charge in [0.1, 0.15) is 0 Å². The first-order valence-corrected chi connectivity index (χ1v) is 8.21. The molecule has 3 aromatic rings. The summed E-state index contributed by atoms with van der Waals surface area (Å²) in [6.45, 7) is 3.59. The number of thiazole rings is 1. The number of nitrogens with one attached hydrogen (secondary N) is 1. The first-order chi connectivity index (χ1) is 11.1. The summed E-state index contributed by atoms with van der Waals surface area (Å²) >= 11 is 1.46. The van der Waals surface area contributed by atoms with Crippen LogP contribution in [0.5, 0.6) is 0 Å². The lowest BCUT2D eigenvalue weighted by molar-refractivity contribution is 0.101. The number of aromatic nitrogens is 1. The minimum Gasteiger partial charge on any atom is -0.298 e. The van der Waals surface area contributed by atoms with Gasteiger partial charge < -0.3 is 0 Å². The summed E-state index contributed by atoms with van der Waals surface area (Å²) < 4.78 is 1.06. The van der Waals surface area contributed by atoms with Crippen molar-refractivity contribution in [2.24, 2.45) is 0 Å². The molecule has 0 aliphatic rings. The zero-order chi connectivity index (χ0) is 16.4. The molecule has 0 radical (unpaired) electrons. The summed E-state index contributed by atoms with van der Waals surface area (Å²) in [6.07, 6.45) is 0.904. The molecule has 3 rings (SSSR count). The van der Waals surface area contributed by atoms with Gasteiger partial charge in [0, 0.05) is 11.1 Å². The van der Waals surface area contributed by atoms with Crippen molar-refractivity contribution in [3.05, 3.63) is 59.2 Å². The molecule has 0 atom stereocenters. The van der Waals surface area contributed by atoms with Crippen molar-refractivity contribution in [1.82, 2.24) is 4.98 Å². The Morgan fingerprint density at radius 3 is 2.43 bits per heavy atom. The van der Waals surface area contributed by atoms with Crippen LogP contribution < -0.4 is 5.32 Å². The Morgan fingerprint density at radius 2 is 1.78 bits per heavy atom. The zero-order valence-corrected chi connectivity index (χ0v) is 13.7. The molecule has 2 aromatic carbocycles. The molecular weight excluding hydrogens is 308 g/mol. The van der Waals surface area contributed by atoms with Crippen LogP contribution in [0.4, 0.5) is 5.13 Å². The van der Waals surface area contributed by atoms with Gasteiger partial charge in [-0.2, -0.15) is 0 Å². The van der Waals surface area contributed by atoms with Gasteiger partial charge >= 0.3 is 0 Å². The fourth-order valence-corrected chi connectivity index (χ4v) is 3.28. The monoisotopic (exact) mass is 324 g/mol. The highest BCUT2D eigenvalue weighted by molar-refractivity contribution is 7.22. The minimum atomic E-state index is -0.225. The first-order valence-electron chi connectivity index (χ1n) is 7.39. The number of fused-ring (bicyclic) bond motifs is 1. The molecule has 0 bridgehead atoms. The van der Waals surface area contributed by atoms with E-state index in [9.17, 15) is 9.59 Å². The van der Waals surface area contributed by atoms with Crippen molar-refractivity contribution in [3.63, 3.8) is 0 Å². The average Bonchev–Trinajstić information content (AvgIpc) is 2.97. The number of nitrogens with zero attached hydrogens (tertiary/aromatic N) is 1. The molecule has 0 aliphatic carbocycles. The third-order valence-electron chi connectivity index (χ3n) is 3.66. The van der Waals surface area contributed by atoms with Crippen LogP contribution in [-0.2, 0) is 6.42 Å². The molecule has 4 nitrogen and oxygen atoms in total. The number of Topliss-reactive ketones (excluding diaryl/α,β-unsaturated/α-hetero) is 1. The van der Waals surface area contributed by atoms with E-state index in [0.717, 1.165) is 16.6 Å². The van der Waals surface area contributed by atoms with Gasteiger partial charge in [0.15, 0.2) is 10.9 Å². The van der Waals surface area contributed by atoms with Gasteiger partial charge in [0.05, 0.1) is 10.2 Å². The van der Waals surface area contributed by atoms with Crippen molar-refractivity contribution in [1.29, 1.82) is 0 Å². The zero-order valence-electron chi connectivity index (χ0n) is 12.9. The maximum Gasteiger partial charge on any atom is 0.257 e. The topological polar surface area (TPSA) is 59.1 Å². The number of ketones is 1. The molecule has 23 heavy (non-hydrogen) atoms. The maximum absolute atomic E-state index is 12.3. The number of hydrogen-bond acceptors (Lipinski definition) is 4. The predicted octanol–water partition coefficient (Wildman–Crippen LogP) is 4.31. The van der Waals surface area contributed by atoms with E-state index < -0.39 is 0 Å². The van der Waals surface area contributed by atoms with Crippen LogP contribution in [-0.4, -0.2) is 16.7 Å². The van der Waals surface area contributed by atoms with E-state index in [-0.39, 0.29) is 11.7 Å². The maximum atomic E-state index is 12.3. The summed E-state index contributed by atoms with van der Waals surface area (Å²) in [7, 11) is 0. The Morgan fingerprint density at radius 1 is 1.09 bits per heavy atom. The Hall–Kier alpha value is -2.53. The lowest BCUT2D eigenvalue weighted by Gasteiger charge is -2.02. The van der Waals surface area contributed by atoms with E-state index in [1.54, 1.807) is 24.3 Å². The van der Waals surface area contributed by atoms with E-state index in [2.05, 4.69) is 17.2 Å². The summed E-state index contributed by atoms with van der Waals surface area (Å²) in [6, 6.07) is 12.7. The highest BCUT2D eigenvalue weighted by Gasteiger charge is 2.12. The lowest BCUT2D eigenvalue weighted by Crippen LogP contribution is -2.11. The molecule has 1 N–H and O–H groups in total. The van der Waals surface area contributed by atoms with Crippen LogP contribution >= 0.6 is 11.3 Å². The van der Waals surface area contributed by atoms with Gasteiger partial charge in [-0.1, -0.05) is 42.5 Å². The quantitative estimate of drug-likeness (QED) is 0.727. The van der Waals surface area contributed by atoms with Gasteiger partial charge in [-0.05, 0) is 37.1 Å². The molecule has 116 valence electrons. The number of carbonyl (C=O) groups excluding carboxylic acids is 2. The van der Waals surface area contributed by atoms with Gasteiger partial charge in [0.25, 0.3) is 5.91 Å². The molecule has 0 saturated carbocycles. The van der Waals surface area contributed by atoms with E-state index >= 15 is 0 Å². The van der Waals surface area contributed by atoms with Crippen LogP contribution in [0.25, 0.3) is 10.2 Å². The Bertz CT molecular complexity index is 882. The predicted molar refractivity (Wildman–Crippen MR) is 93.4 cm³/mol. The Balaban J connectivity index is 1.83. The normalized spacial score (nSPS) is 10.7. The summed E-state index contributed by atoms with van der Waals surface area (Å²) in [4.78, 5) is 28.1. The van der Waals surface area contributed by atoms with Crippen molar-refractivity contribution < 1.29 is 9.59 Å². The van der Waals surface area contributed by atoms with Gasteiger partial charge in [-0.3, -0.25) is 14.9 Å². The summed E-state index contributed by atoms with van der Waals surface area (Å²) in [5, 5.41) is 3.42. The van der Waals surface area contributed by atoms with E-state index in [1.165, 1.54) is 23.8 Å². The van der Waals surface area contributed by atoms with Crippen LogP contribution in [0, 0.1) is 0 Å². The SMILES string of the molecule is CCc1cccc2sc(NC(=O)c3ccc(C(C)=O)cc3)nc12. The van der Waals surface area contributed by atoms with Gasteiger partial charge in [-0.25, -0.2) is 4.98 Å². The summed E-state index contributed by atoms with van der Waals surface area (Å²) in [5.41, 5.74) is 3.21. The van der Waals surface area contributed by atoms with Crippen molar-refractivity contribution in [2.45, 2.75) is 20.3 Å². The van der Waals surface area contributed by atoms with E-state index in [0.29, 0.717) is 16.3 Å². The molecule has 0 spiro atoms. The van der Waals surface area contributed by atoms with Crippen molar-refractivity contribution in [2.75, 3.05) is 5.32 Å². The van der Waals surface area contributed by atoms with Crippen molar-refractivity contribution >= 4 is 38.4 Å². The average molecular weight is 324 g/mol. The second-order valence-corrected chi connectivity index (χ2v) is 6.25. The fourth-order valence-electron chi connectivity index (χ4n) is 2.37. The number of hydrogen-bond donors (Lipinski definition) is 1. The van der Waals surface area contributed by atoms with E-state index in [4.69, 9.17) is 0 Å². The smallest absolute Gasteiger partial charge is 0.257 e. The molecular formula is C18H16N2O2S. The Labute approximate surface area is 138 Å². The molecule has 1 aromatic heterocycles. The number of rotatable bonds is 4. The highest BCUT2D eigenvalue weighted by atomic mass is 32.1. The molecule has 1 heterocycles. The van der Waals surface area contributed by atoms with Crippen LogP contribution in [0.3, 0.4) is 0 Å². The largest absolute Gasteiger partial charge is 0.298 e. The molecule has 0 saturated heterocycles. The lowest BCUT2D eigenvalue weighted by atomic mass is 10.1. The third-order valence-corrected chi connectivity index (χ3v) is 4.59. The number of aryl methyl sites for hydroxylation is 1. The third kappa shape index (κ3) is 3.14. The number of anilines is 1. The van der Waals surface area contributed by atoms with Crippen molar-refractivity contribution in [3.8, 4) is 0 Å². The Kier molecular flexibility index (Phi) is 4.21. The van der Waals surface area contributed by atoms with Gasteiger partial charge in [-0.15, -0.1) is 0 Å². The number of para-hydroxylation sites is 1. The molecule has 0 fully saturated rings. The summed E-state index contributed by atoms with van der Waals surface area (Å²) in [5.74, 6) is -0.243. The highest BCUT2D eigenvalue weighted by Crippen LogP contribution is 2.28. The van der Waals surface area contributed by atoms with Crippen LogP contribution in [0.15, 0.2) is 42.5 Å². The van der Waals surface area contributed by atoms with E-state index in [1.807, 2.05) is 18.2 Å². The fraction of sp³-hybridized carbons (Fsp3) is 0.167. The first kappa shape index (κ1) is 15.4. The van der Waals surface area contributed by atoms with Crippen LogP contribution in [0.1, 0.15) is 40.1 Å². The second-order valence-electron chi connectivity index (χ2n) is 5.22. The molecule has 0 aliphatic heterocycles. The molecule has 1 amide bonds. The number of benzene rings is 2. The van der Waals surface area contributed by atoms with Crippen LogP contribution in [0.2, 0.25) is 0 Å². The standard InChI is InChI=1S/C18H16N2O2S/c1-3-12-5-4-6-15-16(12)19-18(23-15)20-17(22)14-9-7-13(8-10-14)11(2)21/h4-10H,3H2,1-2H3,(H,19,20,22). The molecule has 0 unspecified atom stereocenters. The number of amides is 1. The second kappa shape index (κ2) is 6.30. The minimum absolute atomic E-state index is 0.0183. The van der Waals surface area contributed by atoms with Gasteiger partial charge in [0.2, 0.25) is 0 Å². The molecule has 5 heteroatoms. The number of carbonyl (C=O) groups is 2.